The Morgan fingerprint density at radius 1 is 1.06 bits per heavy atom. The van der Waals surface area contributed by atoms with Crippen molar-refractivity contribution < 1.29 is 0 Å². The fourth-order valence-electron chi connectivity index (χ4n) is 1.92. The lowest BCUT2D eigenvalue weighted by Gasteiger charge is -2.10. The van der Waals surface area contributed by atoms with E-state index < -0.39 is 0 Å². The minimum Gasteiger partial charge on any atom is -0.399 e. The first kappa shape index (κ1) is 12.1. The van der Waals surface area contributed by atoms with Crippen molar-refractivity contribution in [3.05, 3.63) is 52.8 Å². The molecule has 5 N–H and O–H groups in total. The molecule has 1 aromatic carbocycles. The van der Waals surface area contributed by atoms with Gasteiger partial charge in [0.2, 0.25) is 0 Å². The van der Waals surface area contributed by atoms with E-state index in [2.05, 4.69) is 4.98 Å². The monoisotopic (exact) mass is 240 g/mol. The molecule has 0 saturated heterocycles. The molecule has 0 bridgehead atoms. The summed E-state index contributed by atoms with van der Waals surface area (Å²) in [5.74, 6) is 0. The van der Waals surface area contributed by atoms with Crippen LogP contribution in [0.3, 0.4) is 0 Å². The second-order valence-electron chi connectivity index (χ2n) is 4.36. The Hall–Kier alpha value is -2.36. The van der Waals surface area contributed by atoms with Gasteiger partial charge in [0.1, 0.15) is 0 Å². The van der Waals surface area contributed by atoms with E-state index in [4.69, 9.17) is 16.9 Å². The van der Waals surface area contributed by atoms with E-state index in [0.29, 0.717) is 22.6 Å². The topological polar surface area (TPSA) is 88.8 Å². The SMILES string of the molecule is Cc1cc(C(=N)c2cc(N)ccc2N)cc(C)n1. The molecule has 4 nitrogen and oxygen atoms in total. The number of anilines is 2. The van der Waals surface area contributed by atoms with Crippen molar-refractivity contribution in [2.24, 2.45) is 0 Å². The average Bonchev–Trinajstić information content (AvgIpc) is 2.30. The zero-order valence-corrected chi connectivity index (χ0v) is 10.5. The summed E-state index contributed by atoms with van der Waals surface area (Å²) >= 11 is 0. The molecule has 0 atom stereocenters. The van der Waals surface area contributed by atoms with Crippen LogP contribution in [0, 0.1) is 19.3 Å². The number of aromatic nitrogens is 1. The molecule has 0 aliphatic rings. The van der Waals surface area contributed by atoms with E-state index in [1.807, 2.05) is 26.0 Å². The van der Waals surface area contributed by atoms with E-state index in [0.717, 1.165) is 17.0 Å². The zero-order valence-electron chi connectivity index (χ0n) is 10.5. The van der Waals surface area contributed by atoms with Crippen LogP contribution in [0.2, 0.25) is 0 Å². The molecule has 0 amide bonds. The molecule has 0 fully saturated rings. The van der Waals surface area contributed by atoms with Gasteiger partial charge in [-0.25, -0.2) is 0 Å². The summed E-state index contributed by atoms with van der Waals surface area (Å²) in [6.45, 7) is 3.82. The van der Waals surface area contributed by atoms with Crippen LogP contribution in [-0.2, 0) is 0 Å². The summed E-state index contributed by atoms with van der Waals surface area (Å²) in [4.78, 5) is 4.30. The number of nitrogen functional groups attached to an aromatic ring is 2. The Balaban J connectivity index is 2.51. The lowest BCUT2D eigenvalue weighted by molar-refractivity contribution is 1.12. The predicted molar refractivity (Wildman–Crippen MR) is 74.9 cm³/mol. The fraction of sp³-hybridized carbons (Fsp3) is 0.143. The summed E-state index contributed by atoms with van der Waals surface area (Å²) in [6.07, 6.45) is 0. The van der Waals surface area contributed by atoms with Gasteiger partial charge in [0.15, 0.2) is 0 Å². The van der Waals surface area contributed by atoms with Crippen LogP contribution in [0.5, 0.6) is 0 Å². The second kappa shape index (κ2) is 4.49. The first-order valence-corrected chi connectivity index (χ1v) is 5.67. The summed E-state index contributed by atoms with van der Waals surface area (Å²) in [7, 11) is 0. The molecule has 0 radical (unpaired) electrons. The molecule has 0 aliphatic heterocycles. The molecule has 1 heterocycles. The molecule has 0 aliphatic carbocycles. The molecule has 1 aromatic heterocycles. The summed E-state index contributed by atoms with van der Waals surface area (Å²) in [6, 6.07) is 8.92. The third-order valence-corrected chi connectivity index (χ3v) is 2.72. The van der Waals surface area contributed by atoms with Gasteiger partial charge in [0.25, 0.3) is 0 Å². The number of nitrogens with two attached hydrogens (primary N) is 2. The summed E-state index contributed by atoms with van der Waals surface area (Å²) in [5.41, 5.74) is 16.4. The Kier molecular flexibility index (Phi) is 3.02. The van der Waals surface area contributed by atoms with E-state index in [1.165, 1.54) is 0 Å². The van der Waals surface area contributed by atoms with Gasteiger partial charge in [0.05, 0.1) is 5.71 Å². The first-order chi connectivity index (χ1) is 8.47. The zero-order chi connectivity index (χ0) is 13.3. The predicted octanol–water partition coefficient (Wildman–Crippen LogP) is 2.28. The van der Waals surface area contributed by atoms with Crippen LogP contribution in [0.1, 0.15) is 22.5 Å². The molecule has 0 unspecified atom stereocenters. The van der Waals surface area contributed by atoms with Gasteiger partial charge in [-0.15, -0.1) is 0 Å². The minimum absolute atomic E-state index is 0.369. The summed E-state index contributed by atoms with van der Waals surface area (Å²) < 4.78 is 0. The number of nitrogens with one attached hydrogen (secondary N) is 1. The van der Waals surface area contributed by atoms with Gasteiger partial charge in [-0.2, -0.15) is 0 Å². The molecule has 92 valence electrons. The highest BCUT2D eigenvalue weighted by Crippen LogP contribution is 2.20. The van der Waals surface area contributed by atoms with E-state index in [1.54, 1.807) is 18.2 Å². The number of hydrogen-bond acceptors (Lipinski definition) is 4. The lowest BCUT2D eigenvalue weighted by Crippen LogP contribution is -2.07. The quantitative estimate of drug-likeness (QED) is 0.555. The maximum absolute atomic E-state index is 8.24. The minimum atomic E-state index is 0.369. The van der Waals surface area contributed by atoms with Crippen LogP contribution in [0.25, 0.3) is 0 Å². The van der Waals surface area contributed by atoms with Crippen LogP contribution in [0.15, 0.2) is 30.3 Å². The molecular formula is C14H16N4. The number of nitrogens with zero attached hydrogens (tertiary/aromatic N) is 1. The highest BCUT2D eigenvalue weighted by atomic mass is 14.7. The number of rotatable bonds is 2. The van der Waals surface area contributed by atoms with Crippen molar-refractivity contribution in [1.29, 1.82) is 5.41 Å². The van der Waals surface area contributed by atoms with Crippen molar-refractivity contribution in [2.45, 2.75) is 13.8 Å². The number of benzene rings is 1. The van der Waals surface area contributed by atoms with Gasteiger partial charge in [-0.05, 0) is 44.2 Å². The lowest BCUT2D eigenvalue weighted by atomic mass is 10.00. The highest BCUT2D eigenvalue weighted by Gasteiger charge is 2.10. The molecule has 4 heteroatoms. The molecule has 2 rings (SSSR count). The smallest absolute Gasteiger partial charge is 0.0707 e. The maximum Gasteiger partial charge on any atom is 0.0707 e. The average molecular weight is 240 g/mol. The Morgan fingerprint density at radius 3 is 2.28 bits per heavy atom. The van der Waals surface area contributed by atoms with Gasteiger partial charge in [-0.3, -0.25) is 10.4 Å². The van der Waals surface area contributed by atoms with Gasteiger partial charge >= 0.3 is 0 Å². The van der Waals surface area contributed by atoms with E-state index in [9.17, 15) is 0 Å². The number of pyridine rings is 1. The van der Waals surface area contributed by atoms with Crippen molar-refractivity contribution in [3.63, 3.8) is 0 Å². The Labute approximate surface area is 106 Å². The fourth-order valence-corrected chi connectivity index (χ4v) is 1.92. The Morgan fingerprint density at radius 2 is 1.67 bits per heavy atom. The second-order valence-corrected chi connectivity index (χ2v) is 4.36. The van der Waals surface area contributed by atoms with Crippen LogP contribution < -0.4 is 11.5 Å². The van der Waals surface area contributed by atoms with Crippen LogP contribution in [-0.4, -0.2) is 10.7 Å². The third-order valence-electron chi connectivity index (χ3n) is 2.72. The van der Waals surface area contributed by atoms with E-state index >= 15 is 0 Å². The van der Waals surface area contributed by atoms with E-state index in [-0.39, 0.29) is 0 Å². The van der Waals surface area contributed by atoms with Crippen molar-refractivity contribution in [3.8, 4) is 0 Å². The standard InChI is InChI=1S/C14H16N4/c1-8-5-10(6-9(2)18-8)14(17)12-7-11(15)3-4-13(12)16/h3-7,17H,15-16H2,1-2H3. The van der Waals surface area contributed by atoms with Gasteiger partial charge in [0, 0.05) is 33.9 Å². The van der Waals surface area contributed by atoms with Crippen molar-refractivity contribution >= 4 is 17.1 Å². The van der Waals surface area contributed by atoms with Crippen LogP contribution in [0.4, 0.5) is 11.4 Å². The third kappa shape index (κ3) is 2.32. The molecule has 0 saturated carbocycles. The summed E-state index contributed by atoms with van der Waals surface area (Å²) in [5, 5.41) is 8.24. The van der Waals surface area contributed by atoms with Crippen molar-refractivity contribution in [1.82, 2.24) is 4.98 Å². The largest absolute Gasteiger partial charge is 0.399 e. The molecule has 2 aromatic rings. The van der Waals surface area contributed by atoms with Crippen LogP contribution >= 0.6 is 0 Å². The number of hydrogen-bond donors (Lipinski definition) is 3. The molecule has 0 spiro atoms. The van der Waals surface area contributed by atoms with Gasteiger partial charge in [-0.1, -0.05) is 0 Å². The molecule has 18 heavy (non-hydrogen) atoms. The van der Waals surface area contributed by atoms with Crippen molar-refractivity contribution in [2.75, 3.05) is 11.5 Å². The molecular weight excluding hydrogens is 224 g/mol. The first-order valence-electron chi connectivity index (χ1n) is 5.67. The number of aryl methyl sites for hydroxylation is 2. The maximum atomic E-state index is 8.24. The Bertz CT molecular complexity index is 597. The van der Waals surface area contributed by atoms with Gasteiger partial charge < -0.3 is 11.5 Å². The normalized spacial score (nSPS) is 10.3. The highest BCUT2D eigenvalue weighted by molar-refractivity contribution is 6.14.